The van der Waals surface area contributed by atoms with Crippen LogP contribution in [0.3, 0.4) is 0 Å². The molecule has 0 heterocycles. The zero-order valence-electron chi connectivity index (χ0n) is 25.9. The van der Waals surface area contributed by atoms with Gasteiger partial charge in [-0.2, -0.15) is 30.7 Å². The number of benzene rings is 4. The van der Waals surface area contributed by atoms with E-state index in [1.165, 1.54) is 24.3 Å². The van der Waals surface area contributed by atoms with Crippen LogP contribution >= 0.6 is 0 Å². The van der Waals surface area contributed by atoms with E-state index in [1.54, 1.807) is 0 Å². The van der Waals surface area contributed by atoms with Gasteiger partial charge < -0.3 is 0 Å². The van der Waals surface area contributed by atoms with Crippen LogP contribution in [0.5, 0.6) is 0 Å². The second-order valence-corrected chi connectivity index (χ2v) is 12.5. The van der Waals surface area contributed by atoms with Gasteiger partial charge in [0, 0.05) is 6.07 Å². The Bertz CT molecular complexity index is 1870. The Hall–Kier alpha value is -4.49. The van der Waals surface area contributed by atoms with E-state index in [1.807, 2.05) is 0 Å². The largest absolute Gasteiger partial charge is 0.419 e. The Labute approximate surface area is 278 Å². The zero-order chi connectivity index (χ0) is 36.5. The Morgan fingerprint density at radius 1 is 0.480 bits per heavy atom. The van der Waals surface area contributed by atoms with Crippen molar-refractivity contribution in [1.82, 2.24) is 0 Å². The first-order valence-electron chi connectivity index (χ1n) is 15.5. The maximum atomic E-state index is 13.8. The lowest BCUT2D eigenvalue weighted by atomic mass is 9.92. The fourth-order valence-corrected chi connectivity index (χ4v) is 6.89. The minimum Gasteiger partial charge on any atom is -0.258 e. The molecule has 4 aromatic carbocycles. The fourth-order valence-electron chi connectivity index (χ4n) is 6.89. The number of hydrogen-bond acceptors (Lipinski definition) is 2. The molecular formula is C36H28F11NO2. The predicted molar refractivity (Wildman–Crippen MR) is 161 cm³/mol. The molecule has 0 amide bonds. The van der Waals surface area contributed by atoms with E-state index >= 15 is 0 Å². The van der Waals surface area contributed by atoms with Gasteiger partial charge in [-0.1, -0.05) is 24.3 Å². The average molecular weight is 716 g/mol. The third-order valence-corrected chi connectivity index (χ3v) is 9.45. The quantitative estimate of drug-likeness (QED) is 0.117. The van der Waals surface area contributed by atoms with Crippen molar-refractivity contribution in [1.29, 1.82) is 0 Å². The lowest BCUT2D eigenvalue weighted by Crippen LogP contribution is -2.09. The van der Waals surface area contributed by atoms with E-state index < -0.39 is 63.2 Å². The van der Waals surface area contributed by atoms with Crippen molar-refractivity contribution in [2.75, 3.05) is 0 Å². The lowest BCUT2D eigenvalue weighted by Gasteiger charge is -2.15. The van der Waals surface area contributed by atoms with Crippen LogP contribution in [-0.2, 0) is 12.4 Å². The zero-order valence-corrected chi connectivity index (χ0v) is 25.9. The van der Waals surface area contributed by atoms with Crippen LogP contribution in [-0.4, -0.2) is 4.92 Å². The lowest BCUT2D eigenvalue weighted by molar-refractivity contribution is -0.387. The normalized spacial score (nSPS) is 20.8. The molecule has 266 valence electrons. The molecule has 0 bridgehead atoms. The first-order chi connectivity index (χ1) is 23.4. The van der Waals surface area contributed by atoms with Gasteiger partial charge in [-0.15, -0.1) is 0 Å². The molecule has 4 unspecified atom stereocenters. The molecule has 0 saturated heterocycles. The fraction of sp³-hybridized carbons (Fsp3) is 0.333. The highest BCUT2D eigenvalue weighted by Gasteiger charge is 2.37. The van der Waals surface area contributed by atoms with Crippen molar-refractivity contribution in [3.63, 3.8) is 0 Å². The Kier molecular flexibility index (Phi) is 10.6. The summed E-state index contributed by atoms with van der Waals surface area (Å²) in [6.45, 7) is 0. The Morgan fingerprint density at radius 2 is 0.820 bits per heavy atom. The summed E-state index contributed by atoms with van der Waals surface area (Å²) < 4.78 is 144. The molecule has 0 aliphatic heterocycles. The maximum absolute atomic E-state index is 13.8. The molecule has 0 spiro atoms. The number of rotatable bonds is 5. The van der Waals surface area contributed by atoms with Gasteiger partial charge in [-0.25, -0.2) is 17.6 Å². The van der Waals surface area contributed by atoms with Crippen molar-refractivity contribution in [3.8, 4) is 0 Å². The molecule has 14 heteroatoms. The van der Waals surface area contributed by atoms with Crippen LogP contribution in [0, 0.1) is 39.2 Å². The highest BCUT2D eigenvalue weighted by Crippen LogP contribution is 2.46. The summed E-state index contributed by atoms with van der Waals surface area (Å²) in [7, 11) is 0. The second kappa shape index (κ2) is 14.4. The molecule has 0 radical (unpaired) electrons. The van der Waals surface area contributed by atoms with Crippen LogP contribution in [0.1, 0.15) is 95.6 Å². The van der Waals surface area contributed by atoms with Gasteiger partial charge in [0.05, 0.1) is 16.1 Å². The van der Waals surface area contributed by atoms with Crippen molar-refractivity contribution in [3.05, 3.63) is 145 Å². The van der Waals surface area contributed by atoms with Gasteiger partial charge in [0.2, 0.25) is 5.82 Å². The van der Waals surface area contributed by atoms with Gasteiger partial charge in [-0.05, 0) is 127 Å². The molecule has 50 heavy (non-hydrogen) atoms. The van der Waals surface area contributed by atoms with E-state index in [0.29, 0.717) is 60.8 Å². The van der Waals surface area contributed by atoms with Crippen LogP contribution in [0.25, 0.3) is 0 Å². The highest BCUT2D eigenvalue weighted by atomic mass is 19.4. The smallest absolute Gasteiger partial charge is 0.258 e. The molecule has 0 N–H and O–H groups in total. The molecule has 3 nitrogen and oxygen atoms in total. The third kappa shape index (κ3) is 8.27. The standard InChI is InChI=1S/C18H14F6.C18H14F5NO2/c19-15-5-3-12(8-14(15)18(22,23)24)10-1-2-11(7-10)13-4-6-16(20)17(21)9-13;19-15-5-3-12(8-14(15)18(21,22)23)10-1-2-11(7-10)13-4-6-17(24(25)26)16(20)9-13/h3-6,8-11H,1-2,7H2;3-6,8-11H,1-2,7H2. The SMILES string of the molecule is Fc1ccc(C2CCC(c3ccc(F)c(C(F)(F)F)c3)C2)cc1F.O=[N+]([O-])c1ccc(C2CCC(c3ccc(F)c(C(F)(F)F)c3)C2)cc1F. The van der Waals surface area contributed by atoms with E-state index in [4.69, 9.17) is 0 Å². The minimum absolute atomic E-state index is 0.0514. The molecule has 2 aliphatic carbocycles. The monoisotopic (exact) mass is 715 g/mol. The molecule has 0 aromatic heterocycles. The molecule has 2 aliphatic rings. The Balaban J connectivity index is 0.000000195. The maximum Gasteiger partial charge on any atom is 0.419 e. The van der Waals surface area contributed by atoms with Crippen molar-refractivity contribution >= 4 is 5.69 Å². The summed E-state index contributed by atoms with van der Waals surface area (Å²) in [5.41, 5.74) is -1.14. The van der Waals surface area contributed by atoms with Gasteiger partial charge in [-0.3, -0.25) is 10.1 Å². The summed E-state index contributed by atoms with van der Waals surface area (Å²) in [6.07, 6.45) is -6.04. The molecule has 2 fully saturated rings. The van der Waals surface area contributed by atoms with Gasteiger partial charge in [0.15, 0.2) is 11.6 Å². The molecular weight excluding hydrogens is 687 g/mol. The Morgan fingerprint density at radius 3 is 1.16 bits per heavy atom. The summed E-state index contributed by atoms with van der Waals surface area (Å²) in [4.78, 5) is 9.86. The summed E-state index contributed by atoms with van der Waals surface area (Å²) in [6, 6.07) is 13.4. The minimum atomic E-state index is -4.76. The number of halogens is 11. The van der Waals surface area contributed by atoms with E-state index in [2.05, 4.69) is 0 Å². The van der Waals surface area contributed by atoms with Crippen molar-refractivity contribution < 1.29 is 53.2 Å². The van der Waals surface area contributed by atoms with Crippen LogP contribution in [0.15, 0.2) is 72.8 Å². The first kappa shape index (κ1) is 36.8. The predicted octanol–water partition coefficient (Wildman–Crippen LogP) is 12.1. The van der Waals surface area contributed by atoms with Crippen LogP contribution in [0.4, 0.5) is 54.0 Å². The number of alkyl halides is 6. The van der Waals surface area contributed by atoms with Crippen LogP contribution in [0.2, 0.25) is 0 Å². The third-order valence-electron chi connectivity index (χ3n) is 9.45. The average Bonchev–Trinajstić information content (AvgIpc) is 3.73. The highest BCUT2D eigenvalue weighted by molar-refractivity contribution is 5.38. The van der Waals surface area contributed by atoms with E-state index in [9.17, 15) is 58.4 Å². The van der Waals surface area contributed by atoms with Crippen molar-refractivity contribution in [2.24, 2.45) is 0 Å². The number of nitrogens with zero attached hydrogens (tertiary/aromatic N) is 1. The molecule has 4 aromatic rings. The topological polar surface area (TPSA) is 43.1 Å². The summed E-state index contributed by atoms with van der Waals surface area (Å²) in [5, 5.41) is 10.7. The van der Waals surface area contributed by atoms with Crippen molar-refractivity contribution in [2.45, 2.75) is 74.5 Å². The molecule has 4 atom stereocenters. The summed E-state index contributed by atoms with van der Waals surface area (Å²) in [5.74, 6) is -5.94. The molecule has 2 saturated carbocycles. The van der Waals surface area contributed by atoms with Crippen LogP contribution < -0.4 is 0 Å². The second-order valence-electron chi connectivity index (χ2n) is 12.5. The first-order valence-corrected chi connectivity index (χ1v) is 15.5. The molecule has 6 rings (SSSR count). The van der Waals surface area contributed by atoms with Gasteiger partial charge in [0.25, 0.3) is 0 Å². The van der Waals surface area contributed by atoms with Gasteiger partial charge >= 0.3 is 18.0 Å². The number of nitro groups is 1. The van der Waals surface area contributed by atoms with E-state index in [0.717, 1.165) is 48.5 Å². The van der Waals surface area contributed by atoms with Gasteiger partial charge in [0.1, 0.15) is 11.6 Å². The van der Waals surface area contributed by atoms with E-state index in [-0.39, 0.29) is 23.7 Å². The number of nitro benzene ring substituents is 1. The number of hydrogen-bond donors (Lipinski definition) is 0. The summed E-state index contributed by atoms with van der Waals surface area (Å²) >= 11 is 0.